The van der Waals surface area contributed by atoms with Crippen LogP contribution in [0.15, 0.2) is 24.4 Å². The molecule has 1 N–H and O–H groups in total. The van der Waals surface area contributed by atoms with Crippen molar-refractivity contribution in [3.8, 4) is 0 Å². The molecular weight excluding hydrogens is 168 g/mol. The fourth-order valence-corrected chi connectivity index (χ4v) is 1.05. The Bertz CT molecular complexity index is 274. The van der Waals surface area contributed by atoms with Gasteiger partial charge in [0.25, 0.3) is 0 Å². The lowest BCUT2D eigenvalue weighted by molar-refractivity contribution is -0.116. The minimum absolute atomic E-state index is 0.0594. The molecule has 0 aliphatic carbocycles. The Morgan fingerprint density at radius 3 is 2.85 bits per heavy atom. The van der Waals surface area contributed by atoms with Gasteiger partial charge in [-0.3, -0.25) is 9.69 Å². The highest BCUT2D eigenvalue weighted by Crippen LogP contribution is 2.08. The van der Waals surface area contributed by atoms with Gasteiger partial charge in [-0.25, -0.2) is 4.98 Å². The number of aliphatic hydroxyl groups excluding tert-OH is 1. The van der Waals surface area contributed by atoms with Gasteiger partial charge in [-0.05, 0) is 12.1 Å². The highest BCUT2D eigenvalue weighted by atomic mass is 16.3. The standard InChI is InChI=1S/C9H12N2O2/c1-8(13)11(6-7-12)9-4-2-3-5-10-9/h2-5,12H,6-7H2,1H3. The van der Waals surface area contributed by atoms with Crippen molar-refractivity contribution in [3.63, 3.8) is 0 Å². The smallest absolute Gasteiger partial charge is 0.225 e. The van der Waals surface area contributed by atoms with Crippen LogP contribution in [0.4, 0.5) is 5.82 Å². The van der Waals surface area contributed by atoms with Crippen molar-refractivity contribution in [3.05, 3.63) is 24.4 Å². The van der Waals surface area contributed by atoms with Crippen LogP contribution < -0.4 is 4.90 Å². The zero-order chi connectivity index (χ0) is 9.68. The predicted octanol–water partition coefficient (Wildman–Crippen LogP) is 0.427. The molecule has 0 bridgehead atoms. The molecule has 70 valence electrons. The van der Waals surface area contributed by atoms with Crippen LogP contribution in [0.25, 0.3) is 0 Å². The quantitative estimate of drug-likeness (QED) is 0.733. The SMILES string of the molecule is CC(=O)N(CCO)c1ccccn1. The molecule has 0 fully saturated rings. The largest absolute Gasteiger partial charge is 0.395 e. The van der Waals surface area contributed by atoms with E-state index >= 15 is 0 Å². The molecule has 0 saturated carbocycles. The average molecular weight is 180 g/mol. The number of nitrogens with zero attached hydrogens (tertiary/aromatic N) is 2. The number of anilines is 1. The van der Waals surface area contributed by atoms with Gasteiger partial charge in [-0.1, -0.05) is 6.07 Å². The number of carbonyl (C=O) groups is 1. The van der Waals surface area contributed by atoms with E-state index in [-0.39, 0.29) is 19.1 Å². The lowest BCUT2D eigenvalue weighted by atomic mass is 10.4. The average Bonchev–Trinajstić information content (AvgIpc) is 2.15. The van der Waals surface area contributed by atoms with Gasteiger partial charge in [-0.15, -0.1) is 0 Å². The molecule has 1 amide bonds. The van der Waals surface area contributed by atoms with Gasteiger partial charge in [0.15, 0.2) is 0 Å². The highest BCUT2D eigenvalue weighted by molar-refractivity contribution is 5.90. The first kappa shape index (κ1) is 9.67. The van der Waals surface area contributed by atoms with Crippen molar-refractivity contribution in [2.75, 3.05) is 18.1 Å². The Morgan fingerprint density at radius 1 is 1.62 bits per heavy atom. The maximum Gasteiger partial charge on any atom is 0.225 e. The van der Waals surface area contributed by atoms with Gasteiger partial charge in [0.1, 0.15) is 5.82 Å². The number of hydrogen-bond donors (Lipinski definition) is 1. The van der Waals surface area contributed by atoms with E-state index in [0.29, 0.717) is 5.82 Å². The lowest BCUT2D eigenvalue weighted by Gasteiger charge is -2.18. The molecule has 0 atom stereocenters. The van der Waals surface area contributed by atoms with Crippen LogP contribution in [0.2, 0.25) is 0 Å². The Kier molecular flexibility index (Phi) is 3.40. The van der Waals surface area contributed by atoms with Crippen LogP contribution in [-0.2, 0) is 4.79 Å². The number of pyridine rings is 1. The van der Waals surface area contributed by atoms with Crippen molar-refractivity contribution >= 4 is 11.7 Å². The first-order valence-corrected chi connectivity index (χ1v) is 4.05. The molecule has 4 heteroatoms. The van der Waals surface area contributed by atoms with E-state index < -0.39 is 0 Å². The summed E-state index contributed by atoms with van der Waals surface area (Å²) in [5, 5.41) is 8.73. The van der Waals surface area contributed by atoms with E-state index in [0.717, 1.165) is 0 Å². The van der Waals surface area contributed by atoms with Gasteiger partial charge in [0, 0.05) is 13.1 Å². The molecule has 0 spiro atoms. The first-order valence-electron chi connectivity index (χ1n) is 4.05. The summed E-state index contributed by atoms with van der Waals surface area (Å²) in [4.78, 5) is 16.6. The summed E-state index contributed by atoms with van der Waals surface area (Å²) in [6.07, 6.45) is 1.61. The summed E-state index contributed by atoms with van der Waals surface area (Å²) in [6, 6.07) is 5.31. The first-order chi connectivity index (χ1) is 6.25. The zero-order valence-electron chi connectivity index (χ0n) is 7.47. The van der Waals surface area contributed by atoms with E-state index in [1.165, 1.54) is 11.8 Å². The van der Waals surface area contributed by atoms with Crippen LogP contribution in [0.3, 0.4) is 0 Å². The van der Waals surface area contributed by atoms with E-state index in [9.17, 15) is 4.79 Å². The molecule has 0 unspecified atom stereocenters. The molecule has 1 rings (SSSR count). The third kappa shape index (κ3) is 2.52. The molecule has 0 aromatic carbocycles. The molecule has 1 aromatic rings. The molecule has 1 aromatic heterocycles. The molecule has 0 radical (unpaired) electrons. The molecule has 0 aliphatic heterocycles. The van der Waals surface area contributed by atoms with Gasteiger partial charge in [0.05, 0.1) is 13.2 Å². The minimum atomic E-state index is -0.118. The fourth-order valence-electron chi connectivity index (χ4n) is 1.05. The summed E-state index contributed by atoms with van der Waals surface area (Å²) >= 11 is 0. The molecule has 0 saturated heterocycles. The van der Waals surface area contributed by atoms with Crippen LogP contribution in [0.5, 0.6) is 0 Å². The summed E-state index contributed by atoms with van der Waals surface area (Å²) in [6.45, 7) is 1.67. The van der Waals surface area contributed by atoms with E-state index in [2.05, 4.69) is 4.98 Å². The number of aliphatic hydroxyl groups is 1. The lowest BCUT2D eigenvalue weighted by Crippen LogP contribution is -2.31. The Morgan fingerprint density at radius 2 is 2.38 bits per heavy atom. The molecule has 1 heterocycles. The second-order valence-corrected chi connectivity index (χ2v) is 2.58. The second kappa shape index (κ2) is 4.57. The second-order valence-electron chi connectivity index (χ2n) is 2.58. The maximum atomic E-state index is 11.1. The number of rotatable bonds is 3. The summed E-state index contributed by atoms with van der Waals surface area (Å²) in [7, 11) is 0. The van der Waals surface area contributed by atoms with E-state index in [1.54, 1.807) is 24.4 Å². The maximum absolute atomic E-state index is 11.1. The summed E-state index contributed by atoms with van der Waals surface area (Å²) in [5.74, 6) is 0.455. The van der Waals surface area contributed by atoms with Crippen LogP contribution >= 0.6 is 0 Å². The van der Waals surface area contributed by atoms with Crippen LogP contribution in [-0.4, -0.2) is 29.1 Å². The van der Waals surface area contributed by atoms with E-state index in [4.69, 9.17) is 5.11 Å². The van der Waals surface area contributed by atoms with Gasteiger partial charge in [-0.2, -0.15) is 0 Å². The monoisotopic (exact) mass is 180 g/mol. The van der Waals surface area contributed by atoms with Gasteiger partial charge < -0.3 is 5.11 Å². The van der Waals surface area contributed by atoms with Crippen LogP contribution in [0.1, 0.15) is 6.92 Å². The molecule has 4 nitrogen and oxygen atoms in total. The number of aromatic nitrogens is 1. The highest BCUT2D eigenvalue weighted by Gasteiger charge is 2.10. The zero-order valence-corrected chi connectivity index (χ0v) is 7.47. The third-order valence-corrected chi connectivity index (χ3v) is 1.63. The number of carbonyl (C=O) groups excluding carboxylic acids is 1. The molecule has 13 heavy (non-hydrogen) atoms. The number of amides is 1. The fraction of sp³-hybridized carbons (Fsp3) is 0.333. The van der Waals surface area contributed by atoms with E-state index in [1.807, 2.05) is 0 Å². The third-order valence-electron chi connectivity index (χ3n) is 1.63. The van der Waals surface area contributed by atoms with Crippen molar-refractivity contribution in [1.82, 2.24) is 4.98 Å². The van der Waals surface area contributed by atoms with Gasteiger partial charge in [0.2, 0.25) is 5.91 Å². The van der Waals surface area contributed by atoms with Crippen LogP contribution in [0, 0.1) is 0 Å². The topological polar surface area (TPSA) is 53.4 Å². The Labute approximate surface area is 76.8 Å². The predicted molar refractivity (Wildman–Crippen MR) is 49.3 cm³/mol. The Hall–Kier alpha value is -1.42. The molecule has 0 aliphatic rings. The minimum Gasteiger partial charge on any atom is -0.395 e. The van der Waals surface area contributed by atoms with Crippen molar-refractivity contribution < 1.29 is 9.90 Å². The normalized spacial score (nSPS) is 9.69. The van der Waals surface area contributed by atoms with Crippen molar-refractivity contribution in [1.29, 1.82) is 0 Å². The van der Waals surface area contributed by atoms with Crippen molar-refractivity contribution in [2.24, 2.45) is 0 Å². The van der Waals surface area contributed by atoms with Gasteiger partial charge >= 0.3 is 0 Å². The van der Waals surface area contributed by atoms with Crippen molar-refractivity contribution in [2.45, 2.75) is 6.92 Å². The Balaban J connectivity index is 2.82. The summed E-state index contributed by atoms with van der Waals surface area (Å²) < 4.78 is 0. The number of hydrogen-bond acceptors (Lipinski definition) is 3. The molecular formula is C9H12N2O2. The summed E-state index contributed by atoms with van der Waals surface area (Å²) in [5.41, 5.74) is 0.